The maximum atomic E-state index is 12.0. The summed E-state index contributed by atoms with van der Waals surface area (Å²) in [4.78, 5) is 23.3. The van der Waals surface area contributed by atoms with E-state index in [1.807, 2.05) is 0 Å². The molecule has 2 N–H and O–H groups in total. The maximum absolute atomic E-state index is 12.0. The normalized spacial score (nSPS) is 13.8. The molecule has 0 spiro atoms. The molecule has 0 aliphatic carbocycles. The molecule has 0 radical (unpaired) electrons. The molecule has 1 aliphatic heterocycles. The number of hydrogen-bond donors (Lipinski definition) is 2. The van der Waals surface area contributed by atoms with E-state index in [-0.39, 0.29) is 17.4 Å². The molecule has 0 saturated carbocycles. The van der Waals surface area contributed by atoms with Crippen LogP contribution in [0.1, 0.15) is 10.4 Å². The smallest absolute Gasteiger partial charge is 0.330 e. The Balaban J connectivity index is 2.17. The fourth-order valence-electron chi connectivity index (χ4n) is 1.66. The molecule has 2 rings (SSSR count). The van der Waals surface area contributed by atoms with E-state index >= 15 is 0 Å². The molecule has 0 bridgehead atoms. The van der Waals surface area contributed by atoms with Crippen molar-refractivity contribution in [1.29, 1.82) is 0 Å². The lowest BCUT2D eigenvalue weighted by molar-refractivity contribution is -0.143. The Bertz CT molecular complexity index is 547. The van der Waals surface area contributed by atoms with Gasteiger partial charge in [-0.15, -0.1) is 0 Å². The molecule has 1 aromatic rings. The Morgan fingerprint density at radius 2 is 2.25 bits per heavy atom. The summed E-state index contributed by atoms with van der Waals surface area (Å²) >= 11 is 5.95. The van der Waals surface area contributed by atoms with Crippen LogP contribution in [0.15, 0.2) is 12.1 Å². The predicted octanol–water partition coefficient (Wildman–Crippen LogP) is 0.332. The number of aliphatic hydroxyl groups excluding tert-OH is 1. The third-order valence-electron chi connectivity index (χ3n) is 2.66. The second-order valence-corrected chi connectivity index (χ2v) is 4.33. The average molecular weight is 302 g/mol. The Morgan fingerprint density at radius 3 is 2.90 bits per heavy atom. The van der Waals surface area contributed by atoms with E-state index in [0.717, 1.165) is 7.11 Å². The number of esters is 1. The highest BCUT2D eigenvalue weighted by Gasteiger charge is 2.24. The summed E-state index contributed by atoms with van der Waals surface area (Å²) in [6.07, 6.45) is 0. The van der Waals surface area contributed by atoms with Crippen molar-refractivity contribution in [3.05, 3.63) is 22.7 Å². The topological polar surface area (TPSA) is 94.1 Å². The van der Waals surface area contributed by atoms with E-state index in [4.69, 9.17) is 26.2 Å². The summed E-state index contributed by atoms with van der Waals surface area (Å²) in [6, 6.07) is 1.68. The molecule has 7 nitrogen and oxygen atoms in total. The molecule has 8 heteroatoms. The molecule has 1 amide bonds. The Kier molecular flexibility index (Phi) is 4.31. The second-order valence-electron chi connectivity index (χ2n) is 3.92. The van der Waals surface area contributed by atoms with Gasteiger partial charge in [-0.3, -0.25) is 4.79 Å². The van der Waals surface area contributed by atoms with Crippen LogP contribution in [0.25, 0.3) is 0 Å². The van der Waals surface area contributed by atoms with Gasteiger partial charge in [0, 0.05) is 5.56 Å². The van der Waals surface area contributed by atoms with Crippen LogP contribution in [-0.4, -0.2) is 43.5 Å². The minimum absolute atomic E-state index is 0.0293. The summed E-state index contributed by atoms with van der Waals surface area (Å²) in [5.41, 5.74) is 0.182. The fraction of sp³-hybridized carbons (Fsp3) is 0.333. The van der Waals surface area contributed by atoms with E-state index in [2.05, 4.69) is 10.1 Å². The minimum atomic E-state index is -1.14. The summed E-state index contributed by atoms with van der Waals surface area (Å²) in [5.74, 6) is -0.613. The van der Waals surface area contributed by atoms with Crippen molar-refractivity contribution in [2.75, 3.05) is 20.5 Å². The number of aliphatic hydroxyl groups is 1. The van der Waals surface area contributed by atoms with Crippen LogP contribution in [0.2, 0.25) is 5.02 Å². The van der Waals surface area contributed by atoms with E-state index in [1.54, 1.807) is 0 Å². The molecule has 108 valence electrons. The summed E-state index contributed by atoms with van der Waals surface area (Å²) in [5, 5.41) is 11.6. The van der Waals surface area contributed by atoms with E-state index in [9.17, 15) is 9.59 Å². The Hall–Kier alpha value is -1.99. The third kappa shape index (κ3) is 2.78. The van der Waals surface area contributed by atoms with Crippen molar-refractivity contribution in [1.82, 2.24) is 5.32 Å². The van der Waals surface area contributed by atoms with Crippen molar-refractivity contribution in [2.24, 2.45) is 0 Å². The van der Waals surface area contributed by atoms with Crippen molar-refractivity contribution >= 4 is 23.5 Å². The quantitative estimate of drug-likeness (QED) is 0.779. The lowest BCUT2D eigenvalue weighted by atomic mass is 10.1. The highest BCUT2D eigenvalue weighted by molar-refractivity contribution is 6.32. The summed E-state index contributed by atoms with van der Waals surface area (Å²) in [7, 11) is 1.16. The highest BCUT2D eigenvalue weighted by Crippen LogP contribution is 2.39. The molecule has 0 aromatic heterocycles. The monoisotopic (exact) mass is 301 g/mol. The molecular formula is C12H12ClNO6. The van der Waals surface area contributed by atoms with E-state index < -0.39 is 24.5 Å². The number of amides is 1. The van der Waals surface area contributed by atoms with Crippen LogP contribution in [0.5, 0.6) is 11.5 Å². The van der Waals surface area contributed by atoms with Crippen LogP contribution in [0.4, 0.5) is 0 Å². The van der Waals surface area contributed by atoms with Crippen molar-refractivity contribution in [2.45, 2.75) is 6.04 Å². The number of methoxy groups -OCH3 is 1. The van der Waals surface area contributed by atoms with Gasteiger partial charge in [0.15, 0.2) is 17.5 Å². The fourth-order valence-corrected chi connectivity index (χ4v) is 1.93. The van der Waals surface area contributed by atoms with E-state index in [0.29, 0.717) is 11.5 Å². The first-order valence-electron chi connectivity index (χ1n) is 5.65. The van der Waals surface area contributed by atoms with Gasteiger partial charge < -0.3 is 24.6 Å². The van der Waals surface area contributed by atoms with E-state index in [1.165, 1.54) is 12.1 Å². The molecule has 1 heterocycles. The second kappa shape index (κ2) is 5.98. The van der Waals surface area contributed by atoms with Gasteiger partial charge in [0.1, 0.15) is 0 Å². The number of nitrogens with one attached hydrogen (secondary N) is 1. The largest absolute Gasteiger partial charge is 0.467 e. The number of carbonyl (C=O) groups is 2. The first-order chi connectivity index (χ1) is 9.56. The number of benzene rings is 1. The van der Waals surface area contributed by atoms with Gasteiger partial charge in [-0.25, -0.2) is 4.79 Å². The molecule has 1 atom stereocenters. The number of ether oxygens (including phenoxy) is 3. The standard InChI is InChI=1S/C12H12ClNO6/c1-18-12(17)8(4-15)14-11(16)6-2-7(13)10-9(3-6)19-5-20-10/h2-3,8,15H,4-5H2,1H3,(H,14,16)/t8-/m1/s1. The minimum Gasteiger partial charge on any atom is -0.467 e. The van der Waals surface area contributed by atoms with Crippen molar-refractivity contribution in [3.8, 4) is 11.5 Å². The Morgan fingerprint density at radius 1 is 1.50 bits per heavy atom. The summed E-state index contributed by atoms with van der Waals surface area (Å²) in [6.45, 7) is -0.543. The molecule has 1 aliphatic rings. The average Bonchev–Trinajstić information content (AvgIpc) is 2.92. The van der Waals surface area contributed by atoms with Crippen LogP contribution in [-0.2, 0) is 9.53 Å². The zero-order valence-electron chi connectivity index (χ0n) is 10.5. The first-order valence-corrected chi connectivity index (χ1v) is 6.03. The van der Waals surface area contributed by atoms with Gasteiger partial charge in [0.2, 0.25) is 6.79 Å². The maximum Gasteiger partial charge on any atom is 0.330 e. The first kappa shape index (κ1) is 14.4. The van der Waals surface area contributed by atoms with Crippen molar-refractivity contribution < 1.29 is 28.9 Å². The number of carbonyl (C=O) groups excluding carboxylic acids is 2. The van der Waals surface area contributed by atoms with Gasteiger partial charge in [-0.2, -0.15) is 0 Å². The zero-order chi connectivity index (χ0) is 14.7. The molecule has 20 heavy (non-hydrogen) atoms. The zero-order valence-corrected chi connectivity index (χ0v) is 11.3. The van der Waals surface area contributed by atoms with Crippen LogP contribution in [0, 0.1) is 0 Å². The molecular weight excluding hydrogens is 290 g/mol. The molecule has 0 saturated heterocycles. The summed E-state index contributed by atoms with van der Waals surface area (Å²) < 4.78 is 14.7. The van der Waals surface area contributed by atoms with Gasteiger partial charge in [-0.05, 0) is 12.1 Å². The molecule has 0 unspecified atom stereocenters. The number of fused-ring (bicyclic) bond motifs is 1. The predicted molar refractivity (Wildman–Crippen MR) is 67.9 cm³/mol. The highest BCUT2D eigenvalue weighted by atomic mass is 35.5. The van der Waals surface area contributed by atoms with Crippen LogP contribution < -0.4 is 14.8 Å². The Labute approximate surface area is 119 Å². The van der Waals surface area contributed by atoms with Gasteiger partial charge in [0.05, 0.1) is 18.7 Å². The number of rotatable bonds is 4. The molecule has 1 aromatic carbocycles. The lowest BCUT2D eigenvalue weighted by Crippen LogP contribution is -2.44. The van der Waals surface area contributed by atoms with Crippen LogP contribution >= 0.6 is 11.6 Å². The van der Waals surface area contributed by atoms with Crippen LogP contribution in [0.3, 0.4) is 0 Å². The number of hydrogen-bond acceptors (Lipinski definition) is 6. The van der Waals surface area contributed by atoms with Gasteiger partial charge in [0.25, 0.3) is 5.91 Å². The van der Waals surface area contributed by atoms with Crippen molar-refractivity contribution in [3.63, 3.8) is 0 Å². The third-order valence-corrected chi connectivity index (χ3v) is 2.94. The molecule has 0 fully saturated rings. The van der Waals surface area contributed by atoms with Gasteiger partial charge >= 0.3 is 5.97 Å². The SMILES string of the molecule is COC(=O)[C@@H](CO)NC(=O)c1cc(Cl)c2c(c1)OCO2. The van der Waals surface area contributed by atoms with Gasteiger partial charge in [-0.1, -0.05) is 11.6 Å². The number of halogens is 1. The lowest BCUT2D eigenvalue weighted by Gasteiger charge is -2.14.